The molecule has 0 saturated carbocycles. The highest BCUT2D eigenvalue weighted by Crippen LogP contribution is 2.20. The number of anilines is 1. The zero-order chi connectivity index (χ0) is 16.7. The van der Waals surface area contributed by atoms with Crippen LogP contribution < -0.4 is 19.9 Å². The van der Waals surface area contributed by atoms with E-state index in [1.807, 2.05) is 12.1 Å². The number of ether oxygens (including phenoxy) is 1. The van der Waals surface area contributed by atoms with E-state index in [4.69, 9.17) is 17.0 Å². The van der Waals surface area contributed by atoms with Crippen molar-refractivity contribution in [3.8, 4) is 5.75 Å². The molecule has 2 rings (SSSR count). The van der Waals surface area contributed by atoms with Gasteiger partial charge in [-0.25, -0.2) is 0 Å². The number of methoxy groups -OCH3 is 1. The maximum atomic E-state index is 5.51. The normalized spacial score (nSPS) is 15.0. The van der Waals surface area contributed by atoms with E-state index in [0.717, 1.165) is 50.0 Å². The smallest absolute Gasteiger partial charge is 0.169 e. The number of nitrogens with zero attached hydrogens (tertiary/aromatic N) is 2. The van der Waals surface area contributed by atoms with Crippen LogP contribution in [0.3, 0.4) is 0 Å². The molecule has 6 heteroatoms. The third-order valence-corrected chi connectivity index (χ3v) is 4.54. The van der Waals surface area contributed by atoms with E-state index in [2.05, 4.69) is 41.3 Å². The zero-order valence-corrected chi connectivity index (χ0v) is 15.3. The van der Waals surface area contributed by atoms with Gasteiger partial charge >= 0.3 is 0 Å². The Labute approximate surface area is 145 Å². The van der Waals surface area contributed by atoms with E-state index < -0.39 is 0 Å². The minimum atomic E-state index is 0.896. The van der Waals surface area contributed by atoms with Crippen molar-refractivity contribution in [2.45, 2.75) is 6.42 Å². The lowest BCUT2D eigenvalue weighted by atomic mass is 10.2. The van der Waals surface area contributed by atoms with Gasteiger partial charge in [-0.15, -0.1) is 0 Å². The summed E-state index contributed by atoms with van der Waals surface area (Å²) in [5.41, 5.74) is 1.25. The SMILES string of the molecule is COc1ccc(N2CCN(C(=S)NCCC[NH+](C)C)CC2)cc1. The second-order valence-electron chi connectivity index (χ2n) is 6.21. The third kappa shape index (κ3) is 5.55. The topological polar surface area (TPSA) is 32.2 Å². The summed E-state index contributed by atoms with van der Waals surface area (Å²) in [4.78, 5) is 6.15. The molecule has 1 aliphatic heterocycles. The number of piperazine rings is 1. The van der Waals surface area contributed by atoms with Crippen molar-refractivity contribution in [1.82, 2.24) is 10.2 Å². The zero-order valence-electron chi connectivity index (χ0n) is 14.5. The van der Waals surface area contributed by atoms with E-state index in [0.29, 0.717) is 0 Å². The summed E-state index contributed by atoms with van der Waals surface area (Å²) in [6, 6.07) is 8.27. The van der Waals surface area contributed by atoms with Gasteiger partial charge in [0, 0.05) is 44.8 Å². The molecule has 0 spiro atoms. The van der Waals surface area contributed by atoms with E-state index >= 15 is 0 Å². The highest BCUT2D eigenvalue weighted by Gasteiger charge is 2.19. The van der Waals surface area contributed by atoms with Crippen LogP contribution in [0.25, 0.3) is 0 Å². The van der Waals surface area contributed by atoms with Crippen LogP contribution in [-0.4, -0.2) is 70.5 Å². The first-order chi connectivity index (χ1) is 11.1. The van der Waals surface area contributed by atoms with Crippen LogP contribution in [0, 0.1) is 0 Å². The minimum Gasteiger partial charge on any atom is -0.497 e. The number of quaternary nitrogens is 1. The lowest BCUT2D eigenvalue weighted by Crippen LogP contribution is -3.05. The number of hydrogen-bond acceptors (Lipinski definition) is 3. The number of benzene rings is 1. The number of hydrogen-bond donors (Lipinski definition) is 2. The molecule has 5 nitrogen and oxygen atoms in total. The molecule has 1 fully saturated rings. The van der Waals surface area contributed by atoms with Crippen LogP contribution in [0.5, 0.6) is 5.75 Å². The summed E-state index contributed by atoms with van der Waals surface area (Å²) in [5, 5.41) is 4.28. The summed E-state index contributed by atoms with van der Waals surface area (Å²) in [6.07, 6.45) is 1.15. The molecule has 0 bridgehead atoms. The molecule has 0 atom stereocenters. The molecule has 0 aromatic heterocycles. The highest BCUT2D eigenvalue weighted by atomic mass is 32.1. The molecule has 0 radical (unpaired) electrons. The Kier molecular flexibility index (Phi) is 6.92. The van der Waals surface area contributed by atoms with Crippen molar-refractivity contribution in [2.24, 2.45) is 0 Å². The predicted molar refractivity (Wildman–Crippen MR) is 99.7 cm³/mol. The Bertz CT molecular complexity index is 484. The van der Waals surface area contributed by atoms with Gasteiger partial charge in [-0.2, -0.15) is 0 Å². The molecule has 0 aliphatic carbocycles. The highest BCUT2D eigenvalue weighted by molar-refractivity contribution is 7.80. The Hall–Kier alpha value is -1.53. The first-order valence-corrected chi connectivity index (χ1v) is 8.72. The van der Waals surface area contributed by atoms with E-state index in [9.17, 15) is 0 Å². The second kappa shape index (κ2) is 8.93. The fourth-order valence-corrected chi connectivity index (χ4v) is 2.99. The van der Waals surface area contributed by atoms with Crippen LogP contribution in [-0.2, 0) is 0 Å². The molecular weight excluding hydrogens is 308 g/mol. The van der Waals surface area contributed by atoms with Gasteiger partial charge in [-0.05, 0) is 36.5 Å². The van der Waals surface area contributed by atoms with Crippen LogP contribution in [0.15, 0.2) is 24.3 Å². The number of nitrogens with one attached hydrogen (secondary N) is 2. The average Bonchev–Trinajstić information content (AvgIpc) is 2.58. The van der Waals surface area contributed by atoms with E-state index in [1.165, 1.54) is 17.1 Å². The Morgan fingerprint density at radius 3 is 2.39 bits per heavy atom. The molecule has 1 aromatic rings. The van der Waals surface area contributed by atoms with Gasteiger partial charge in [0.15, 0.2) is 5.11 Å². The van der Waals surface area contributed by atoms with Crippen molar-refractivity contribution < 1.29 is 9.64 Å². The van der Waals surface area contributed by atoms with Crippen LogP contribution >= 0.6 is 12.2 Å². The van der Waals surface area contributed by atoms with Gasteiger partial charge in [0.25, 0.3) is 0 Å². The molecule has 2 N–H and O–H groups in total. The van der Waals surface area contributed by atoms with Crippen LogP contribution in [0.1, 0.15) is 6.42 Å². The molecule has 1 heterocycles. The first-order valence-electron chi connectivity index (χ1n) is 8.31. The van der Waals surface area contributed by atoms with Gasteiger partial charge < -0.3 is 24.8 Å². The number of rotatable bonds is 6. The monoisotopic (exact) mass is 337 g/mol. The fourth-order valence-electron chi connectivity index (χ4n) is 2.71. The largest absolute Gasteiger partial charge is 0.497 e. The first kappa shape index (κ1) is 17.8. The van der Waals surface area contributed by atoms with Crippen molar-refractivity contribution in [3.05, 3.63) is 24.3 Å². The van der Waals surface area contributed by atoms with Crippen LogP contribution in [0.2, 0.25) is 0 Å². The average molecular weight is 338 g/mol. The fraction of sp³-hybridized carbons (Fsp3) is 0.588. The van der Waals surface area contributed by atoms with Crippen molar-refractivity contribution >= 4 is 23.0 Å². The molecule has 1 aliphatic rings. The Balaban J connectivity index is 1.73. The van der Waals surface area contributed by atoms with Crippen molar-refractivity contribution in [2.75, 3.05) is 65.4 Å². The molecule has 23 heavy (non-hydrogen) atoms. The lowest BCUT2D eigenvalue weighted by Gasteiger charge is -2.37. The summed E-state index contributed by atoms with van der Waals surface area (Å²) < 4.78 is 5.21. The third-order valence-electron chi connectivity index (χ3n) is 4.13. The van der Waals surface area contributed by atoms with Crippen LogP contribution in [0.4, 0.5) is 5.69 Å². The van der Waals surface area contributed by atoms with Gasteiger partial charge in [0.2, 0.25) is 0 Å². The molecule has 0 unspecified atom stereocenters. The Morgan fingerprint density at radius 1 is 1.17 bits per heavy atom. The standard InChI is InChI=1S/C17H28N4OS/c1-19(2)10-4-9-18-17(23)21-13-11-20(12-14-21)15-5-7-16(22-3)8-6-15/h5-8H,4,9-14H2,1-3H3,(H,18,23)/p+1. The Morgan fingerprint density at radius 2 is 1.83 bits per heavy atom. The van der Waals surface area contributed by atoms with Crippen molar-refractivity contribution in [3.63, 3.8) is 0 Å². The molecule has 0 amide bonds. The van der Waals surface area contributed by atoms with E-state index in [1.54, 1.807) is 7.11 Å². The molecular formula is C17H29N4OS+. The summed E-state index contributed by atoms with van der Waals surface area (Å²) in [6.45, 7) is 6.06. The maximum absolute atomic E-state index is 5.51. The quantitative estimate of drug-likeness (QED) is 0.573. The minimum absolute atomic E-state index is 0.896. The maximum Gasteiger partial charge on any atom is 0.169 e. The molecule has 128 valence electrons. The van der Waals surface area contributed by atoms with Gasteiger partial charge in [0.1, 0.15) is 5.75 Å². The van der Waals surface area contributed by atoms with Gasteiger partial charge in [0.05, 0.1) is 27.7 Å². The van der Waals surface area contributed by atoms with E-state index in [-0.39, 0.29) is 0 Å². The second-order valence-corrected chi connectivity index (χ2v) is 6.60. The number of thiocarbonyl (C=S) groups is 1. The van der Waals surface area contributed by atoms with Gasteiger partial charge in [-0.1, -0.05) is 0 Å². The van der Waals surface area contributed by atoms with Gasteiger partial charge in [-0.3, -0.25) is 0 Å². The molecule has 1 saturated heterocycles. The lowest BCUT2D eigenvalue weighted by molar-refractivity contribution is -0.858. The summed E-state index contributed by atoms with van der Waals surface area (Å²) >= 11 is 5.51. The summed E-state index contributed by atoms with van der Waals surface area (Å²) in [7, 11) is 6.05. The van der Waals surface area contributed by atoms with Crippen molar-refractivity contribution in [1.29, 1.82) is 0 Å². The summed E-state index contributed by atoms with van der Waals surface area (Å²) in [5.74, 6) is 0.900. The predicted octanol–water partition coefficient (Wildman–Crippen LogP) is 0.226. The molecule has 1 aromatic carbocycles.